The van der Waals surface area contributed by atoms with Crippen LogP contribution in [0.25, 0.3) is 6.08 Å². The molecule has 0 bridgehead atoms. The maximum absolute atomic E-state index is 12.3. The number of carbonyl (C=O) groups excluding carboxylic acids is 1. The largest absolute Gasteiger partial charge is 1.00 e. The number of ketones is 1. The molecule has 0 fully saturated rings. The first kappa shape index (κ1) is 22.8. The van der Waals surface area contributed by atoms with Gasteiger partial charge in [-0.25, -0.2) is 8.42 Å². The molecule has 2 aromatic rings. The SMILES string of the molecule is O=C1C=Cc2cc(S(=O)(=O)[O-])ccc2C1(O)/N=[N+](\[O-])c1ccc([N+](=O)[O-])cc1.[Na+]. The molecule has 0 spiro atoms. The van der Waals surface area contributed by atoms with Crippen molar-refractivity contribution in [1.82, 2.24) is 0 Å². The fourth-order valence-electron chi connectivity index (χ4n) is 2.56. The van der Waals surface area contributed by atoms with Crippen LogP contribution in [-0.4, -0.2) is 33.6 Å². The van der Waals surface area contributed by atoms with Gasteiger partial charge in [0.1, 0.15) is 10.1 Å². The molecular formula is C16H10N3NaO8S. The second-order valence-electron chi connectivity index (χ2n) is 5.72. The number of nitrogens with zero attached hydrogens (tertiary/aromatic N) is 3. The van der Waals surface area contributed by atoms with Crippen molar-refractivity contribution < 1.29 is 62.2 Å². The van der Waals surface area contributed by atoms with E-state index < -0.39 is 31.4 Å². The van der Waals surface area contributed by atoms with Crippen molar-refractivity contribution in [3.8, 4) is 0 Å². The van der Waals surface area contributed by atoms with Gasteiger partial charge < -0.3 is 14.9 Å². The van der Waals surface area contributed by atoms with Crippen LogP contribution >= 0.6 is 0 Å². The van der Waals surface area contributed by atoms with Crippen LogP contribution in [0.1, 0.15) is 11.1 Å². The van der Waals surface area contributed by atoms with Crippen LogP contribution in [0.5, 0.6) is 0 Å². The van der Waals surface area contributed by atoms with Crippen LogP contribution in [0.3, 0.4) is 0 Å². The molecule has 1 aliphatic rings. The molecule has 0 aromatic heterocycles. The maximum atomic E-state index is 12.3. The van der Waals surface area contributed by atoms with Crippen molar-refractivity contribution in [3.05, 3.63) is 75.0 Å². The van der Waals surface area contributed by atoms with Gasteiger partial charge in [-0.05, 0) is 23.8 Å². The number of azo groups is 1. The Kier molecular flexibility index (Phi) is 6.37. The third-order valence-corrected chi connectivity index (χ3v) is 4.79. The topological polar surface area (TPSA) is 176 Å². The van der Waals surface area contributed by atoms with E-state index in [0.29, 0.717) is 0 Å². The summed E-state index contributed by atoms with van der Waals surface area (Å²) in [7, 11) is -4.77. The van der Waals surface area contributed by atoms with Crippen molar-refractivity contribution in [2.45, 2.75) is 10.6 Å². The average Bonchev–Trinajstić information content (AvgIpc) is 2.64. The van der Waals surface area contributed by atoms with E-state index in [1.165, 1.54) is 6.08 Å². The van der Waals surface area contributed by atoms with Crippen LogP contribution in [0.2, 0.25) is 0 Å². The van der Waals surface area contributed by atoms with Crippen LogP contribution in [0.4, 0.5) is 11.4 Å². The first-order valence-electron chi connectivity index (χ1n) is 7.52. The van der Waals surface area contributed by atoms with Crippen molar-refractivity contribution in [1.29, 1.82) is 0 Å². The molecular weight excluding hydrogens is 417 g/mol. The van der Waals surface area contributed by atoms with Gasteiger partial charge in [0.25, 0.3) is 5.69 Å². The molecule has 0 saturated heterocycles. The van der Waals surface area contributed by atoms with E-state index in [0.717, 1.165) is 48.5 Å². The standard InChI is InChI=1S/C16H11N3O8S.Na/c20-15-8-1-10-9-13(28(25,26)27)6-7-14(10)16(15,21)17-18(22)11-2-4-12(5-3-11)19(23)24;/h1-9,21H,(H,25,26,27);/q;+1/p-1/b18-17-;. The molecule has 1 unspecified atom stereocenters. The van der Waals surface area contributed by atoms with Gasteiger partial charge in [0, 0.05) is 34.9 Å². The Bertz CT molecular complexity index is 1160. The Morgan fingerprint density at radius 1 is 1.00 bits per heavy atom. The second-order valence-corrected chi connectivity index (χ2v) is 7.10. The van der Waals surface area contributed by atoms with E-state index in [1.54, 1.807) is 0 Å². The van der Waals surface area contributed by atoms with E-state index in [2.05, 4.69) is 5.11 Å². The monoisotopic (exact) mass is 427 g/mol. The zero-order valence-corrected chi connectivity index (χ0v) is 17.6. The van der Waals surface area contributed by atoms with E-state index in [1.807, 2.05) is 0 Å². The molecule has 0 radical (unpaired) electrons. The molecule has 1 N–H and O–H groups in total. The number of fused-ring (bicyclic) bond motifs is 1. The van der Waals surface area contributed by atoms with Crippen molar-refractivity contribution in [2.24, 2.45) is 5.11 Å². The molecule has 3 rings (SSSR count). The van der Waals surface area contributed by atoms with E-state index in [4.69, 9.17) is 0 Å². The van der Waals surface area contributed by atoms with E-state index in [-0.39, 0.29) is 56.9 Å². The third-order valence-electron chi connectivity index (χ3n) is 3.96. The number of carbonyl (C=O) groups is 1. The molecule has 144 valence electrons. The van der Waals surface area contributed by atoms with Gasteiger partial charge in [-0.15, -0.1) is 0 Å². The average molecular weight is 427 g/mol. The Labute approximate surface area is 185 Å². The number of non-ortho nitro benzene ring substituents is 1. The second kappa shape index (κ2) is 8.10. The van der Waals surface area contributed by atoms with Crippen molar-refractivity contribution in [2.75, 3.05) is 0 Å². The first-order valence-corrected chi connectivity index (χ1v) is 8.93. The van der Waals surface area contributed by atoms with Gasteiger partial charge in [-0.3, -0.25) is 14.9 Å². The van der Waals surface area contributed by atoms with Gasteiger partial charge in [0.2, 0.25) is 11.5 Å². The summed E-state index contributed by atoms with van der Waals surface area (Å²) >= 11 is 0. The molecule has 0 amide bonds. The molecule has 11 nitrogen and oxygen atoms in total. The number of aliphatic hydroxyl groups is 1. The van der Waals surface area contributed by atoms with Crippen LogP contribution in [0.15, 0.2) is 58.6 Å². The molecule has 1 atom stereocenters. The van der Waals surface area contributed by atoms with Crippen LogP contribution in [-0.2, 0) is 20.6 Å². The maximum Gasteiger partial charge on any atom is 1.00 e. The Balaban J connectivity index is 0.00000300. The summed E-state index contributed by atoms with van der Waals surface area (Å²) in [6, 6.07) is 7.08. The zero-order valence-electron chi connectivity index (χ0n) is 14.8. The number of hydrogen-bond donors (Lipinski definition) is 1. The fourth-order valence-corrected chi connectivity index (χ4v) is 3.07. The van der Waals surface area contributed by atoms with E-state index in [9.17, 15) is 38.2 Å². The van der Waals surface area contributed by atoms with Gasteiger partial charge in [0.15, 0.2) is 0 Å². The first-order chi connectivity index (χ1) is 13.0. The molecule has 0 heterocycles. The van der Waals surface area contributed by atoms with Gasteiger partial charge >= 0.3 is 35.3 Å². The zero-order chi connectivity index (χ0) is 20.7. The number of hydrogen-bond acceptors (Lipinski definition) is 9. The van der Waals surface area contributed by atoms with Gasteiger partial charge in [-0.1, -0.05) is 17.0 Å². The Morgan fingerprint density at radius 2 is 1.59 bits per heavy atom. The fraction of sp³-hybridized carbons (Fsp3) is 0.0625. The Hall–Kier alpha value is -2.48. The van der Waals surface area contributed by atoms with Gasteiger partial charge in [0.05, 0.1) is 9.82 Å². The quantitative estimate of drug-likeness (QED) is 0.154. The van der Waals surface area contributed by atoms with Crippen molar-refractivity contribution in [3.63, 3.8) is 0 Å². The van der Waals surface area contributed by atoms with E-state index >= 15 is 0 Å². The predicted octanol–water partition coefficient (Wildman–Crippen LogP) is -1.46. The summed E-state index contributed by atoms with van der Waals surface area (Å²) in [6.07, 6.45) is 2.06. The molecule has 0 aliphatic heterocycles. The number of benzene rings is 2. The minimum Gasteiger partial charge on any atom is -0.744 e. The normalized spacial score (nSPS) is 18.7. The third kappa shape index (κ3) is 4.42. The molecule has 13 heteroatoms. The number of nitro groups is 1. The minimum absolute atomic E-state index is 0. The summed E-state index contributed by atoms with van der Waals surface area (Å²) in [5.41, 5.74) is -3.32. The smallest absolute Gasteiger partial charge is 0.744 e. The summed E-state index contributed by atoms with van der Waals surface area (Å²) in [6.45, 7) is 0. The molecule has 29 heavy (non-hydrogen) atoms. The number of rotatable bonds is 4. The summed E-state index contributed by atoms with van der Waals surface area (Å²) < 4.78 is 33.4. The molecule has 1 aliphatic carbocycles. The molecule has 2 aromatic carbocycles. The van der Waals surface area contributed by atoms with Crippen molar-refractivity contribution >= 4 is 33.4 Å². The number of nitro benzene ring substituents is 1. The van der Waals surface area contributed by atoms with Crippen LogP contribution in [0, 0.1) is 15.3 Å². The minimum atomic E-state index is -4.77. The predicted molar refractivity (Wildman–Crippen MR) is 91.2 cm³/mol. The summed E-state index contributed by atoms with van der Waals surface area (Å²) in [5, 5.41) is 37.1. The Morgan fingerprint density at radius 3 is 2.14 bits per heavy atom. The summed E-state index contributed by atoms with van der Waals surface area (Å²) in [5.74, 6) is -0.972. The summed E-state index contributed by atoms with van der Waals surface area (Å²) in [4.78, 5) is 21.5. The van der Waals surface area contributed by atoms with Gasteiger partial charge in [-0.2, -0.15) is 0 Å². The molecule has 0 saturated carbocycles. The van der Waals surface area contributed by atoms with Crippen LogP contribution < -0.4 is 29.6 Å².